The molecule has 0 amide bonds. The molecule has 16 heavy (non-hydrogen) atoms. The Hall–Kier alpha value is -1.22. The molecule has 3 heteroatoms. The summed E-state index contributed by atoms with van der Waals surface area (Å²) in [6.45, 7) is 2.07. The minimum absolute atomic E-state index is 0.251. The molecule has 2 rings (SSSR count). The lowest BCUT2D eigenvalue weighted by atomic mass is 10.0. The van der Waals surface area contributed by atoms with Crippen molar-refractivity contribution in [2.75, 3.05) is 14.2 Å². The summed E-state index contributed by atoms with van der Waals surface area (Å²) in [5.74, 6) is 2.78. The van der Waals surface area contributed by atoms with Crippen LogP contribution in [0.15, 0.2) is 18.2 Å². The highest BCUT2D eigenvalue weighted by Crippen LogP contribution is 2.53. The van der Waals surface area contributed by atoms with Gasteiger partial charge in [-0.25, -0.2) is 0 Å². The van der Waals surface area contributed by atoms with Crippen LogP contribution in [0.2, 0.25) is 0 Å². The van der Waals surface area contributed by atoms with Crippen molar-refractivity contribution in [1.29, 1.82) is 0 Å². The molecule has 1 aliphatic rings. The van der Waals surface area contributed by atoms with Gasteiger partial charge in [0.15, 0.2) is 11.5 Å². The molecule has 0 bridgehead atoms. The zero-order chi connectivity index (χ0) is 11.7. The van der Waals surface area contributed by atoms with Crippen LogP contribution >= 0.6 is 0 Å². The van der Waals surface area contributed by atoms with Crippen molar-refractivity contribution in [1.82, 2.24) is 0 Å². The number of methoxy groups -OCH3 is 2. The second-order valence-corrected chi connectivity index (χ2v) is 4.45. The first-order valence-corrected chi connectivity index (χ1v) is 5.65. The fourth-order valence-electron chi connectivity index (χ4n) is 2.36. The molecule has 3 atom stereocenters. The molecule has 2 N–H and O–H groups in total. The molecular formula is C13H19NO2. The van der Waals surface area contributed by atoms with Gasteiger partial charge in [0.1, 0.15) is 0 Å². The van der Waals surface area contributed by atoms with Crippen molar-refractivity contribution in [2.45, 2.75) is 25.3 Å². The Bertz CT molecular complexity index is 376. The summed E-state index contributed by atoms with van der Waals surface area (Å²) in [5, 5.41) is 0. The van der Waals surface area contributed by atoms with Gasteiger partial charge in [-0.15, -0.1) is 0 Å². The summed E-state index contributed by atoms with van der Waals surface area (Å²) >= 11 is 0. The van der Waals surface area contributed by atoms with Crippen LogP contribution in [0.1, 0.15) is 24.8 Å². The predicted molar refractivity (Wildman–Crippen MR) is 64.0 cm³/mol. The number of nitrogens with two attached hydrogens (primary N) is 1. The summed E-state index contributed by atoms with van der Waals surface area (Å²) in [6, 6.07) is 6.29. The van der Waals surface area contributed by atoms with E-state index in [2.05, 4.69) is 13.0 Å². The summed E-state index contributed by atoms with van der Waals surface area (Å²) in [5.41, 5.74) is 7.14. The van der Waals surface area contributed by atoms with E-state index in [9.17, 15) is 0 Å². The molecule has 1 aliphatic carbocycles. The van der Waals surface area contributed by atoms with Crippen molar-refractivity contribution in [3.63, 3.8) is 0 Å². The topological polar surface area (TPSA) is 44.5 Å². The second kappa shape index (κ2) is 4.34. The van der Waals surface area contributed by atoms with Gasteiger partial charge in [-0.1, -0.05) is 12.1 Å². The van der Waals surface area contributed by atoms with Crippen LogP contribution in [-0.2, 0) is 0 Å². The summed E-state index contributed by atoms with van der Waals surface area (Å²) in [4.78, 5) is 0. The molecule has 88 valence electrons. The lowest BCUT2D eigenvalue weighted by Crippen LogP contribution is -2.18. The van der Waals surface area contributed by atoms with Crippen molar-refractivity contribution >= 4 is 0 Å². The molecule has 0 radical (unpaired) electrons. The molecule has 1 fully saturated rings. The summed E-state index contributed by atoms with van der Waals surface area (Å²) in [6.07, 6.45) is 1.15. The smallest absolute Gasteiger partial charge is 0.164 e. The maximum absolute atomic E-state index is 5.92. The number of ether oxygens (including phenoxy) is 2. The average molecular weight is 221 g/mol. The Kier molecular flexibility index (Phi) is 3.06. The molecule has 0 heterocycles. The number of hydrogen-bond acceptors (Lipinski definition) is 3. The number of benzene rings is 1. The molecule has 1 saturated carbocycles. The Balaban J connectivity index is 2.28. The molecular weight excluding hydrogens is 202 g/mol. The molecule has 0 spiro atoms. The van der Waals surface area contributed by atoms with Crippen LogP contribution in [-0.4, -0.2) is 20.3 Å². The van der Waals surface area contributed by atoms with Gasteiger partial charge in [-0.3, -0.25) is 0 Å². The van der Waals surface area contributed by atoms with E-state index in [4.69, 9.17) is 15.2 Å². The van der Waals surface area contributed by atoms with Gasteiger partial charge in [0.2, 0.25) is 0 Å². The lowest BCUT2D eigenvalue weighted by molar-refractivity contribution is 0.351. The van der Waals surface area contributed by atoms with Gasteiger partial charge in [-0.2, -0.15) is 0 Å². The maximum Gasteiger partial charge on any atom is 0.164 e. The summed E-state index contributed by atoms with van der Waals surface area (Å²) < 4.78 is 10.7. The first-order valence-electron chi connectivity index (χ1n) is 5.65. The number of hydrogen-bond donors (Lipinski definition) is 1. The Morgan fingerprint density at radius 3 is 2.56 bits per heavy atom. The third-order valence-electron chi connectivity index (χ3n) is 3.35. The number of para-hydroxylation sites is 1. The highest BCUT2D eigenvalue weighted by atomic mass is 16.5. The third kappa shape index (κ3) is 1.87. The lowest BCUT2D eigenvalue weighted by Gasteiger charge is -2.13. The standard InChI is InChI=1S/C13H19NO2/c1-8(14)10-7-11(10)9-5-4-6-12(15-2)13(9)16-3/h4-6,8,10-11H,7,14H2,1-3H3/t8-,10+,11+/m0/s1. The highest BCUT2D eigenvalue weighted by molar-refractivity contribution is 5.50. The fraction of sp³-hybridized carbons (Fsp3) is 0.538. The van der Waals surface area contributed by atoms with Crippen molar-refractivity contribution in [3.05, 3.63) is 23.8 Å². The monoisotopic (exact) mass is 221 g/mol. The minimum Gasteiger partial charge on any atom is -0.493 e. The highest BCUT2D eigenvalue weighted by Gasteiger charge is 2.42. The second-order valence-electron chi connectivity index (χ2n) is 4.45. The number of rotatable bonds is 4. The van der Waals surface area contributed by atoms with E-state index in [-0.39, 0.29) is 6.04 Å². The van der Waals surface area contributed by atoms with E-state index in [1.807, 2.05) is 12.1 Å². The van der Waals surface area contributed by atoms with E-state index < -0.39 is 0 Å². The SMILES string of the molecule is COc1cccc([C@H]2C[C@@H]2[C@H](C)N)c1OC. The molecule has 0 aliphatic heterocycles. The van der Waals surface area contributed by atoms with E-state index >= 15 is 0 Å². The molecule has 0 aromatic heterocycles. The minimum atomic E-state index is 0.251. The molecule has 1 aromatic carbocycles. The van der Waals surface area contributed by atoms with Crippen LogP contribution in [0.25, 0.3) is 0 Å². The Labute approximate surface area is 96.5 Å². The van der Waals surface area contributed by atoms with E-state index in [0.717, 1.165) is 17.9 Å². The van der Waals surface area contributed by atoms with Gasteiger partial charge in [0, 0.05) is 11.6 Å². The van der Waals surface area contributed by atoms with Gasteiger partial charge in [0.05, 0.1) is 14.2 Å². The van der Waals surface area contributed by atoms with Gasteiger partial charge in [-0.05, 0) is 31.2 Å². The predicted octanol–water partition coefficient (Wildman–Crippen LogP) is 2.15. The van der Waals surface area contributed by atoms with Crippen LogP contribution in [0, 0.1) is 5.92 Å². The zero-order valence-electron chi connectivity index (χ0n) is 10.1. The molecule has 0 unspecified atom stereocenters. The van der Waals surface area contributed by atoms with Crippen molar-refractivity contribution < 1.29 is 9.47 Å². The third-order valence-corrected chi connectivity index (χ3v) is 3.35. The van der Waals surface area contributed by atoms with E-state index in [0.29, 0.717) is 11.8 Å². The first-order chi connectivity index (χ1) is 7.69. The van der Waals surface area contributed by atoms with Gasteiger partial charge < -0.3 is 15.2 Å². The van der Waals surface area contributed by atoms with Crippen LogP contribution in [0.3, 0.4) is 0 Å². The van der Waals surface area contributed by atoms with Crippen LogP contribution in [0.4, 0.5) is 0 Å². The van der Waals surface area contributed by atoms with Crippen molar-refractivity contribution in [3.8, 4) is 11.5 Å². The molecule has 3 nitrogen and oxygen atoms in total. The van der Waals surface area contributed by atoms with Crippen LogP contribution < -0.4 is 15.2 Å². The van der Waals surface area contributed by atoms with Gasteiger partial charge in [0.25, 0.3) is 0 Å². The zero-order valence-corrected chi connectivity index (χ0v) is 10.1. The molecule has 1 aromatic rings. The quantitative estimate of drug-likeness (QED) is 0.847. The fourth-order valence-corrected chi connectivity index (χ4v) is 2.36. The molecule has 0 saturated heterocycles. The van der Waals surface area contributed by atoms with E-state index in [1.54, 1.807) is 14.2 Å². The van der Waals surface area contributed by atoms with E-state index in [1.165, 1.54) is 5.56 Å². The normalized spacial score (nSPS) is 25.0. The van der Waals surface area contributed by atoms with Gasteiger partial charge >= 0.3 is 0 Å². The Morgan fingerprint density at radius 1 is 1.31 bits per heavy atom. The first kappa shape index (κ1) is 11.3. The summed E-state index contributed by atoms with van der Waals surface area (Å²) in [7, 11) is 3.35. The Morgan fingerprint density at radius 2 is 2.06 bits per heavy atom. The average Bonchev–Trinajstić information content (AvgIpc) is 3.07. The largest absolute Gasteiger partial charge is 0.493 e. The maximum atomic E-state index is 5.92. The van der Waals surface area contributed by atoms with Crippen LogP contribution in [0.5, 0.6) is 11.5 Å². The van der Waals surface area contributed by atoms with Crippen molar-refractivity contribution in [2.24, 2.45) is 11.7 Å².